The van der Waals surface area contributed by atoms with E-state index in [1.54, 1.807) is 24.3 Å². The molecule has 1 saturated heterocycles. The fourth-order valence-electron chi connectivity index (χ4n) is 3.52. The van der Waals surface area contributed by atoms with Crippen molar-refractivity contribution in [3.05, 3.63) is 82.1 Å². The Hall–Kier alpha value is -3.56. The van der Waals surface area contributed by atoms with Crippen molar-refractivity contribution in [3.63, 3.8) is 0 Å². The number of benzene rings is 1. The Morgan fingerprint density at radius 1 is 1.06 bits per heavy atom. The van der Waals surface area contributed by atoms with Crippen LogP contribution >= 0.6 is 11.6 Å². The van der Waals surface area contributed by atoms with Crippen molar-refractivity contribution in [2.75, 3.05) is 23.7 Å². The second-order valence-corrected chi connectivity index (χ2v) is 7.72. The number of nitrogens with one attached hydrogen (secondary N) is 3. The topological polar surface area (TPSA) is 105 Å². The first-order chi connectivity index (χ1) is 15.4. The molecule has 2 atom stereocenters. The van der Waals surface area contributed by atoms with Gasteiger partial charge in [-0.3, -0.25) is 19.0 Å². The van der Waals surface area contributed by atoms with Crippen molar-refractivity contribution in [2.24, 2.45) is 11.8 Å². The minimum atomic E-state index is -0.696. The highest BCUT2D eigenvalue weighted by Gasteiger charge is 2.38. The summed E-state index contributed by atoms with van der Waals surface area (Å²) in [4.78, 5) is 41.4. The average Bonchev–Trinajstić information content (AvgIpc) is 3.27. The third kappa shape index (κ3) is 4.68. The van der Waals surface area contributed by atoms with Gasteiger partial charge in [0.1, 0.15) is 11.6 Å². The normalized spacial score (nSPS) is 17.7. The number of carbonyl (C=O) groups excluding carboxylic acids is 2. The predicted octanol–water partition coefficient (Wildman–Crippen LogP) is 2.44. The number of amides is 2. The van der Waals surface area contributed by atoms with Gasteiger partial charge in [-0.15, -0.1) is 0 Å². The summed E-state index contributed by atoms with van der Waals surface area (Å²) in [5, 5.41) is 8.67. The van der Waals surface area contributed by atoms with Crippen LogP contribution in [0.15, 0.2) is 65.7 Å². The van der Waals surface area contributed by atoms with Crippen molar-refractivity contribution in [1.29, 1.82) is 0 Å². The molecular formula is C22H19ClFN5O3. The number of carbonyl (C=O) groups is 2. The van der Waals surface area contributed by atoms with E-state index in [2.05, 4.69) is 20.9 Å². The Balaban J connectivity index is 1.45. The van der Waals surface area contributed by atoms with Gasteiger partial charge in [-0.25, -0.2) is 9.37 Å². The average molecular weight is 456 g/mol. The van der Waals surface area contributed by atoms with Crippen LogP contribution in [0.1, 0.15) is 0 Å². The summed E-state index contributed by atoms with van der Waals surface area (Å²) in [5.74, 6) is -2.57. The van der Waals surface area contributed by atoms with Gasteiger partial charge in [-0.05, 0) is 30.3 Å². The van der Waals surface area contributed by atoms with Crippen LogP contribution < -0.4 is 21.5 Å². The van der Waals surface area contributed by atoms with E-state index in [-0.39, 0.29) is 23.7 Å². The quantitative estimate of drug-likeness (QED) is 0.548. The smallest absolute Gasteiger partial charge is 0.255 e. The zero-order valence-corrected chi connectivity index (χ0v) is 17.5. The molecular weight excluding hydrogens is 437 g/mol. The predicted molar refractivity (Wildman–Crippen MR) is 118 cm³/mol. The van der Waals surface area contributed by atoms with Crippen molar-refractivity contribution in [3.8, 4) is 5.69 Å². The van der Waals surface area contributed by atoms with Crippen LogP contribution in [0.2, 0.25) is 5.02 Å². The van der Waals surface area contributed by atoms with Crippen molar-refractivity contribution < 1.29 is 14.0 Å². The molecule has 0 saturated carbocycles. The number of rotatable bonds is 5. The fourth-order valence-corrected chi connectivity index (χ4v) is 3.63. The zero-order chi connectivity index (χ0) is 22.7. The molecule has 3 N–H and O–H groups in total. The van der Waals surface area contributed by atoms with Crippen LogP contribution in [0, 0.1) is 17.7 Å². The third-order valence-electron chi connectivity index (χ3n) is 5.18. The number of halogens is 2. The summed E-state index contributed by atoms with van der Waals surface area (Å²) >= 11 is 5.80. The lowest BCUT2D eigenvalue weighted by molar-refractivity contribution is -0.127. The van der Waals surface area contributed by atoms with E-state index >= 15 is 0 Å². The first-order valence-corrected chi connectivity index (χ1v) is 10.2. The molecule has 1 aromatic carbocycles. The lowest BCUT2D eigenvalue weighted by atomic mass is 9.94. The Labute approximate surface area is 187 Å². The van der Waals surface area contributed by atoms with Crippen molar-refractivity contribution >= 4 is 34.9 Å². The Kier molecular flexibility index (Phi) is 6.29. The fraction of sp³-hybridized carbons (Fsp3) is 0.182. The Bertz CT molecular complexity index is 1210. The van der Waals surface area contributed by atoms with Crippen LogP contribution in [-0.2, 0) is 9.59 Å². The Morgan fingerprint density at radius 3 is 2.47 bits per heavy atom. The summed E-state index contributed by atoms with van der Waals surface area (Å²) in [6.07, 6.45) is 2.93. The first-order valence-electron chi connectivity index (χ1n) is 9.84. The van der Waals surface area contributed by atoms with Gasteiger partial charge in [-0.2, -0.15) is 0 Å². The van der Waals surface area contributed by atoms with E-state index < -0.39 is 23.6 Å². The molecule has 8 nitrogen and oxygen atoms in total. The lowest BCUT2D eigenvalue weighted by Crippen LogP contribution is -2.36. The van der Waals surface area contributed by atoms with E-state index in [1.807, 2.05) is 0 Å². The van der Waals surface area contributed by atoms with Crippen molar-refractivity contribution in [1.82, 2.24) is 14.9 Å². The first kappa shape index (κ1) is 21.7. The number of hydrogen-bond acceptors (Lipinski definition) is 5. The lowest BCUT2D eigenvalue weighted by Gasteiger charge is -2.18. The number of aromatic nitrogens is 2. The maximum absolute atomic E-state index is 14.6. The number of anilines is 2. The van der Waals surface area contributed by atoms with Gasteiger partial charge < -0.3 is 16.0 Å². The minimum absolute atomic E-state index is 0.0341. The molecule has 1 aliphatic heterocycles. The van der Waals surface area contributed by atoms with Crippen LogP contribution in [0.5, 0.6) is 0 Å². The Morgan fingerprint density at radius 2 is 1.81 bits per heavy atom. The molecule has 2 aromatic heterocycles. The SMILES string of the molecule is O=C(Nc1ccc(-n2ccccc2=O)cc1F)[C@H]1CNC[C@H]1C(=O)Nc1ccc(Cl)cn1. The minimum Gasteiger partial charge on any atom is -0.323 e. The van der Waals surface area contributed by atoms with Gasteiger partial charge in [0, 0.05) is 37.6 Å². The monoisotopic (exact) mass is 455 g/mol. The maximum Gasteiger partial charge on any atom is 0.255 e. The van der Waals surface area contributed by atoms with Crippen LogP contribution in [-0.4, -0.2) is 34.5 Å². The molecule has 3 aromatic rings. The standard InChI is InChI=1S/C22H19ClFN5O3/c23-13-4-7-19(26-10-13)28-22(32)16-12-25-11-15(16)21(31)27-18-6-5-14(9-17(18)24)29-8-2-1-3-20(29)30/h1-10,15-16,25H,11-12H2,(H,27,31)(H,26,28,32)/t15-,16+/m0/s1. The summed E-state index contributed by atoms with van der Waals surface area (Å²) in [5.41, 5.74) is -0.000691. The molecule has 0 spiro atoms. The molecule has 2 amide bonds. The van der Waals surface area contributed by atoms with Crippen LogP contribution in [0.4, 0.5) is 15.9 Å². The van der Waals surface area contributed by atoms with Gasteiger partial charge in [0.25, 0.3) is 5.56 Å². The van der Waals surface area contributed by atoms with E-state index in [9.17, 15) is 18.8 Å². The number of pyridine rings is 2. The number of hydrogen-bond donors (Lipinski definition) is 3. The third-order valence-corrected chi connectivity index (χ3v) is 5.40. The molecule has 1 aliphatic rings. The van der Waals surface area contributed by atoms with E-state index in [1.165, 1.54) is 41.2 Å². The molecule has 0 aliphatic carbocycles. The summed E-state index contributed by atoms with van der Waals surface area (Å²) in [6.45, 7) is 0.576. The van der Waals surface area contributed by atoms with Crippen molar-refractivity contribution in [2.45, 2.75) is 0 Å². The number of nitrogens with zero attached hydrogens (tertiary/aromatic N) is 2. The molecule has 32 heavy (non-hydrogen) atoms. The van der Waals surface area contributed by atoms with Gasteiger partial charge in [0.05, 0.1) is 28.2 Å². The molecule has 10 heteroatoms. The van der Waals surface area contributed by atoms with Crippen LogP contribution in [0.25, 0.3) is 5.69 Å². The summed E-state index contributed by atoms with van der Waals surface area (Å²) in [7, 11) is 0. The molecule has 0 bridgehead atoms. The van der Waals surface area contributed by atoms with Crippen LogP contribution in [0.3, 0.4) is 0 Å². The van der Waals surface area contributed by atoms with Gasteiger partial charge in [0.15, 0.2) is 0 Å². The van der Waals surface area contributed by atoms with E-state index in [0.29, 0.717) is 23.1 Å². The molecule has 0 unspecified atom stereocenters. The second-order valence-electron chi connectivity index (χ2n) is 7.28. The van der Waals surface area contributed by atoms with E-state index in [4.69, 9.17) is 11.6 Å². The molecule has 0 radical (unpaired) electrons. The van der Waals surface area contributed by atoms with Gasteiger partial charge in [0.2, 0.25) is 11.8 Å². The highest BCUT2D eigenvalue weighted by molar-refractivity contribution is 6.30. The highest BCUT2D eigenvalue weighted by Crippen LogP contribution is 2.23. The largest absolute Gasteiger partial charge is 0.323 e. The molecule has 164 valence electrons. The van der Waals surface area contributed by atoms with Gasteiger partial charge >= 0.3 is 0 Å². The van der Waals surface area contributed by atoms with E-state index in [0.717, 1.165) is 0 Å². The molecule has 3 heterocycles. The second kappa shape index (κ2) is 9.29. The molecule has 4 rings (SSSR count). The summed E-state index contributed by atoms with van der Waals surface area (Å²) < 4.78 is 15.9. The van der Waals surface area contributed by atoms with Gasteiger partial charge in [-0.1, -0.05) is 17.7 Å². The highest BCUT2D eigenvalue weighted by atomic mass is 35.5. The molecule has 1 fully saturated rings. The zero-order valence-electron chi connectivity index (χ0n) is 16.7. The summed E-state index contributed by atoms with van der Waals surface area (Å²) in [6, 6.07) is 11.9. The maximum atomic E-state index is 14.6.